The summed E-state index contributed by atoms with van der Waals surface area (Å²) in [6.07, 6.45) is 3.66. The van der Waals surface area contributed by atoms with E-state index >= 15 is 0 Å². The van der Waals surface area contributed by atoms with Gasteiger partial charge in [0.15, 0.2) is 0 Å². The van der Waals surface area contributed by atoms with Crippen LogP contribution < -0.4 is 5.43 Å². The van der Waals surface area contributed by atoms with Crippen LogP contribution in [0.5, 0.6) is 0 Å². The zero-order valence-corrected chi connectivity index (χ0v) is 13.1. The molecule has 0 aliphatic rings. The number of hydrazone groups is 1. The van der Waals surface area contributed by atoms with Crippen LogP contribution in [0.2, 0.25) is 10.0 Å². The minimum Gasteiger partial charge on any atom is -0.314 e. The smallest absolute Gasteiger partial charge is 0.0832 e. The number of rotatable bonds is 4. The van der Waals surface area contributed by atoms with E-state index in [2.05, 4.69) is 10.5 Å². The molecule has 110 valence electrons. The van der Waals surface area contributed by atoms with E-state index in [0.29, 0.717) is 10.0 Å². The molecule has 0 saturated heterocycles. The lowest BCUT2D eigenvalue weighted by molar-refractivity contribution is 1.07. The first-order chi connectivity index (χ1) is 10.8. The summed E-state index contributed by atoms with van der Waals surface area (Å²) in [5.41, 5.74) is 5.63. The van der Waals surface area contributed by atoms with Crippen LogP contribution in [0.1, 0.15) is 5.69 Å². The highest BCUT2D eigenvalue weighted by Crippen LogP contribution is 2.29. The van der Waals surface area contributed by atoms with E-state index < -0.39 is 0 Å². The largest absolute Gasteiger partial charge is 0.314 e. The summed E-state index contributed by atoms with van der Waals surface area (Å²) in [4.78, 5) is 0. The molecule has 0 aliphatic heterocycles. The van der Waals surface area contributed by atoms with E-state index in [9.17, 15) is 0 Å². The van der Waals surface area contributed by atoms with Crippen LogP contribution in [-0.2, 0) is 0 Å². The van der Waals surface area contributed by atoms with Crippen LogP contribution in [0.15, 0.2) is 72.0 Å². The van der Waals surface area contributed by atoms with Crippen molar-refractivity contribution in [3.8, 4) is 5.69 Å². The summed E-state index contributed by atoms with van der Waals surface area (Å²) in [5.74, 6) is 0. The van der Waals surface area contributed by atoms with Crippen LogP contribution in [-0.4, -0.2) is 10.8 Å². The van der Waals surface area contributed by atoms with Gasteiger partial charge < -0.3 is 4.57 Å². The Bertz CT molecular complexity index is 795. The molecule has 5 heteroatoms. The zero-order chi connectivity index (χ0) is 15.4. The fourth-order valence-electron chi connectivity index (χ4n) is 2.08. The Labute approximate surface area is 138 Å². The molecule has 0 bridgehead atoms. The van der Waals surface area contributed by atoms with Crippen molar-refractivity contribution in [2.75, 3.05) is 5.43 Å². The maximum Gasteiger partial charge on any atom is 0.0832 e. The first kappa shape index (κ1) is 14.7. The van der Waals surface area contributed by atoms with Gasteiger partial charge in [0.2, 0.25) is 0 Å². The number of benzene rings is 2. The number of anilines is 1. The number of nitrogens with zero attached hydrogens (tertiary/aromatic N) is 2. The summed E-state index contributed by atoms with van der Waals surface area (Å²) in [7, 11) is 0. The lowest BCUT2D eigenvalue weighted by Crippen LogP contribution is -2.00. The second-order valence-electron chi connectivity index (χ2n) is 4.61. The van der Waals surface area contributed by atoms with Gasteiger partial charge in [-0.05, 0) is 36.4 Å². The molecular formula is C17H13Cl2N3. The average molecular weight is 330 g/mol. The highest BCUT2D eigenvalue weighted by Gasteiger charge is 2.08. The molecule has 0 radical (unpaired) electrons. The number of hydrogen-bond acceptors (Lipinski definition) is 2. The number of hydrogen-bond donors (Lipinski definition) is 1. The maximum atomic E-state index is 6.27. The molecule has 3 nitrogen and oxygen atoms in total. The highest BCUT2D eigenvalue weighted by atomic mass is 35.5. The SMILES string of the molecule is Clc1cccc(-n2cccc2/C=N/Nc2ccccc2)c1Cl. The molecule has 0 fully saturated rings. The minimum absolute atomic E-state index is 0.519. The number of aromatic nitrogens is 1. The topological polar surface area (TPSA) is 29.3 Å². The molecule has 3 rings (SSSR count). The fraction of sp³-hybridized carbons (Fsp3) is 0. The molecular weight excluding hydrogens is 317 g/mol. The molecule has 1 heterocycles. The van der Waals surface area contributed by atoms with Crippen molar-refractivity contribution >= 4 is 35.1 Å². The molecule has 0 saturated carbocycles. The van der Waals surface area contributed by atoms with E-state index in [1.807, 2.05) is 65.4 Å². The quantitative estimate of drug-likeness (QED) is 0.515. The molecule has 1 aromatic heterocycles. The Morgan fingerprint density at radius 1 is 0.909 bits per heavy atom. The van der Waals surface area contributed by atoms with Crippen LogP contribution in [0.3, 0.4) is 0 Å². The Morgan fingerprint density at radius 2 is 1.73 bits per heavy atom. The summed E-state index contributed by atoms with van der Waals surface area (Å²) >= 11 is 12.3. The third kappa shape index (κ3) is 3.16. The standard InChI is InChI=1S/C17H13Cl2N3/c18-15-9-4-10-16(17(15)19)22-11-5-8-14(22)12-20-21-13-6-2-1-3-7-13/h1-12,21H/b20-12+. The van der Waals surface area contributed by atoms with Gasteiger partial charge in [-0.15, -0.1) is 0 Å². The van der Waals surface area contributed by atoms with Crippen molar-refractivity contribution in [3.63, 3.8) is 0 Å². The van der Waals surface area contributed by atoms with Crippen molar-refractivity contribution in [1.29, 1.82) is 0 Å². The number of halogens is 2. The van der Waals surface area contributed by atoms with Crippen molar-refractivity contribution < 1.29 is 0 Å². The van der Waals surface area contributed by atoms with Gasteiger partial charge in [0.25, 0.3) is 0 Å². The number of para-hydroxylation sites is 1. The lowest BCUT2D eigenvalue weighted by Gasteiger charge is -2.09. The third-order valence-corrected chi connectivity index (χ3v) is 3.94. The Hall–Kier alpha value is -2.23. The average Bonchev–Trinajstić information content (AvgIpc) is 2.99. The molecule has 0 spiro atoms. The summed E-state index contributed by atoms with van der Waals surface area (Å²) in [6.45, 7) is 0. The zero-order valence-electron chi connectivity index (χ0n) is 11.6. The van der Waals surface area contributed by atoms with Gasteiger partial charge in [0.1, 0.15) is 0 Å². The van der Waals surface area contributed by atoms with Gasteiger partial charge in [-0.25, -0.2) is 0 Å². The first-order valence-corrected chi connectivity index (χ1v) is 7.47. The second-order valence-corrected chi connectivity index (χ2v) is 5.40. The van der Waals surface area contributed by atoms with E-state index in [1.54, 1.807) is 12.3 Å². The fourth-order valence-corrected chi connectivity index (χ4v) is 2.47. The van der Waals surface area contributed by atoms with E-state index in [4.69, 9.17) is 23.2 Å². The van der Waals surface area contributed by atoms with Crippen molar-refractivity contribution in [1.82, 2.24) is 4.57 Å². The van der Waals surface area contributed by atoms with E-state index in [-0.39, 0.29) is 0 Å². The predicted octanol–water partition coefficient (Wildman–Crippen LogP) is 5.23. The minimum atomic E-state index is 0.519. The second kappa shape index (κ2) is 6.69. The highest BCUT2D eigenvalue weighted by molar-refractivity contribution is 6.43. The Morgan fingerprint density at radius 3 is 2.55 bits per heavy atom. The molecule has 0 aliphatic carbocycles. The molecule has 0 amide bonds. The summed E-state index contributed by atoms with van der Waals surface area (Å²) < 4.78 is 1.93. The van der Waals surface area contributed by atoms with Crippen molar-refractivity contribution in [2.45, 2.75) is 0 Å². The third-order valence-electron chi connectivity index (χ3n) is 3.14. The maximum absolute atomic E-state index is 6.27. The van der Waals surface area contributed by atoms with Gasteiger partial charge in [-0.2, -0.15) is 5.10 Å². The van der Waals surface area contributed by atoms with Gasteiger partial charge >= 0.3 is 0 Å². The molecule has 22 heavy (non-hydrogen) atoms. The predicted molar refractivity (Wildman–Crippen MR) is 93.4 cm³/mol. The first-order valence-electron chi connectivity index (χ1n) is 6.71. The summed E-state index contributed by atoms with van der Waals surface area (Å²) in [5, 5.41) is 5.30. The molecule has 3 aromatic rings. The van der Waals surface area contributed by atoms with Gasteiger partial charge in [-0.3, -0.25) is 5.43 Å². The van der Waals surface area contributed by atoms with E-state index in [0.717, 1.165) is 17.1 Å². The summed E-state index contributed by atoms with van der Waals surface area (Å²) in [6, 6.07) is 19.2. The van der Waals surface area contributed by atoms with Gasteiger partial charge in [0, 0.05) is 6.20 Å². The lowest BCUT2D eigenvalue weighted by atomic mass is 10.3. The van der Waals surface area contributed by atoms with Crippen molar-refractivity contribution in [3.05, 3.63) is 82.6 Å². The normalized spacial score (nSPS) is 11.0. The van der Waals surface area contributed by atoms with Crippen LogP contribution >= 0.6 is 23.2 Å². The molecule has 0 atom stereocenters. The van der Waals surface area contributed by atoms with Crippen molar-refractivity contribution in [2.24, 2.45) is 5.10 Å². The van der Waals surface area contributed by atoms with Crippen LogP contribution in [0, 0.1) is 0 Å². The van der Waals surface area contributed by atoms with Gasteiger partial charge in [-0.1, -0.05) is 47.5 Å². The van der Waals surface area contributed by atoms with E-state index in [1.165, 1.54) is 0 Å². The molecule has 2 aromatic carbocycles. The molecule has 1 N–H and O–H groups in total. The Balaban J connectivity index is 1.85. The number of nitrogens with one attached hydrogen (secondary N) is 1. The molecule has 0 unspecified atom stereocenters. The Kier molecular flexibility index (Phi) is 4.47. The van der Waals surface area contributed by atoms with Crippen LogP contribution in [0.25, 0.3) is 5.69 Å². The van der Waals surface area contributed by atoms with Crippen LogP contribution in [0.4, 0.5) is 5.69 Å². The van der Waals surface area contributed by atoms with Gasteiger partial charge in [0.05, 0.1) is 33.3 Å². The monoisotopic (exact) mass is 329 g/mol.